The van der Waals surface area contributed by atoms with Gasteiger partial charge in [0.25, 0.3) is 0 Å². The predicted octanol–water partition coefficient (Wildman–Crippen LogP) is 2.98. The lowest BCUT2D eigenvalue weighted by Gasteiger charge is -2.05. The summed E-state index contributed by atoms with van der Waals surface area (Å²) in [6.07, 6.45) is 6.87. The van der Waals surface area contributed by atoms with Crippen molar-refractivity contribution in [3.05, 3.63) is 61.2 Å². The van der Waals surface area contributed by atoms with Crippen LogP contribution < -0.4 is 11.5 Å². The van der Waals surface area contributed by atoms with E-state index in [2.05, 4.69) is 9.97 Å². The highest BCUT2D eigenvalue weighted by Crippen LogP contribution is 2.25. The van der Waals surface area contributed by atoms with E-state index in [-0.39, 0.29) is 0 Å². The molecule has 0 amide bonds. The van der Waals surface area contributed by atoms with Crippen LogP contribution in [0.15, 0.2) is 61.2 Å². The molecule has 0 unspecified atom stereocenters. The summed E-state index contributed by atoms with van der Waals surface area (Å²) in [7, 11) is 0. The van der Waals surface area contributed by atoms with Gasteiger partial charge in [-0.15, -0.1) is 0 Å². The summed E-state index contributed by atoms with van der Waals surface area (Å²) in [5.74, 6) is 0. The van der Waals surface area contributed by atoms with Crippen molar-refractivity contribution in [2.75, 3.05) is 11.5 Å². The fourth-order valence-electron chi connectivity index (χ4n) is 2.09. The van der Waals surface area contributed by atoms with Gasteiger partial charge in [0, 0.05) is 35.9 Å². The van der Waals surface area contributed by atoms with E-state index in [1.54, 1.807) is 24.8 Å². The fraction of sp³-hybridized carbons (Fsp3) is 0. The average Bonchev–Trinajstić information content (AvgIpc) is 2.47. The van der Waals surface area contributed by atoms with Crippen LogP contribution in [0.25, 0.3) is 22.3 Å². The number of nitrogens with zero attached hydrogens (tertiary/aromatic N) is 2. The first-order valence-electron chi connectivity index (χ1n) is 6.24. The van der Waals surface area contributed by atoms with E-state index in [1.807, 2.05) is 36.4 Å². The van der Waals surface area contributed by atoms with Gasteiger partial charge in [-0.25, -0.2) is 0 Å². The third-order valence-electron chi connectivity index (χ3n) is 3.07. The molecule has 2 aromatic heterocycles. The molecule has 98 valence electrons. The maximum atomic E-state index is 5.75. The number of hydrogen-bond acceptors (Lipinski definition) is 4. The molecule has 0 bridgehead atoms. The largest absolute Gasteiger partial charge is 0.397 e. The Morgan fingerprint density at radius 2 is 0.950 bits per heavy atom. The van der Waals surface area contributed by atoms with Gasteiger partial charge in [-0.3, -0.25) is 9.97 Å². The molecule has 1 aromatic carbocycles. The van der Waals surface area contributed by atoms with Gasteiger partial charge in [-0.1, -0.05) is 24.3 Å². The van der Waals surface area contributed by atoms with Crippen molar-refractivity contribution in [1.82, 2.24) is 9.97 Å². The van der Waals surface area contributed by atoms with Crippen molar-refractivity contribution in [3.63, 3.8) is 0 Å². The second-order valence-electron chi connectivity index (χ2n) is 4.59. The number of benzene rings is 1. The first-order valence-corrected chi connectivity index (χ1v) is 6.24. The van der Waals surface area contributed by atoms with E-state index in [9.17, 15) is 0 Å². The zero-order valence-corrected chi connectivity index (χ0v) is 10.8. The van der Waals surface area contributed by atoms with Crippen LogP contribution in [0.1, 0.15) is 0 Å². The lowest BCUT2D eigenvalue weighted by atomic mass is 10.0. The minimum Gasteiger partial charge on any atom is -0.397 e. The Morgan fingerprint density at radius 3 is 1.30 bits per heavy atom. The summed E-state index contributed by atoms with van der Waals surface area (Å²) in [6, 6.07) is 12.0. The Labute approximate surface area is 117 Å². The Morgan fingerprint density at radius 1 is 0.550 bits per heavy atom. The summed E-state index contributed by atoms with van der Waals surface area (Å²) in [6.45, 7) is 0. The highest BCUT2D eigenvalue weighted by atomic mass is 14.7. The first kappa shape index (κ1) is 12.2. The molecule has 0 spiro atoms. The van der Waals surface area contributed by atoms with Crippen LogP contribution in [-0.2, 0) is 0 Å². The second-order valence-corrected chi connectivity index (χ2v) is 4.59. The molecule has 0 radical (unpaired) electrons. The number of pyridine rings is 2. The van der Waals surface area contributed by atoms with Crippen molar-refractivity contribution in [3.8, 4) is 22.3 Å². The van der Waals surface area contributed by atoms with Crippen molar-refractivity contribution >= 4 is 11.4 Å². The highest BCUT2D eigenvalue weighted by Gasteiger charge is 2.02. The summed E-state index contributed by atoms with van der Waals surface area (Å²) in [5.41, 5.74) is 17.0. The van der Waals surface area contributed by atoms with Gasteiger partial charge >= 0.3 is 0 Å². The third-order valence-corrected chi connectivity index (χ3v) is 3.07. The number of nitrogens with two attached hydrogens (primary N) is 2. The number of rotatable bonds is 2. The summed E-state index contributed by atoms with van der Waals surface area (Å²) in [4.78, 5) is 8.20. The Kier molecular flexibility index (Phi) is 3.05. The molecule has 0 atom stereocenters. The maximum Gasteiger partial charge on any atom is 0.0506 e. The molecule has 0 aliphatic rings. The topological polar surface area (TPSA) is 77.8 Å². The van der Waals surface area contributed by atoms with E-state index in [1.165, 1.54) is 0 Å². The van der Waals surface area contributed by atoms with Crippen molar-refractivity contribution in [2.24, 2.45) is 0 Å². The second kappa shape index (κ2) is 5.01. The molecule has 0 aliphatic carbocycles. The van der Waals surface area contributed by atoms with Gasteiger partial charge < -0.3 is 11.5 Å². The van der Waals surface area contributed by atoms with Gasteiger partial charge in [-0.2, -0.15) is 0 Å². The van der Waals surface area contributed by atoms with Crippen LogP contribution >= 0.6 is 0 Å². The van der Waals surface area contributed by atoms with Crippen LogP contribution in [0.4, 0.5) is 11.4 Å². The molecule has 4 N–H and O–H groups in total. The SMILES string of the molecule is Nc1cncc(-c2ccc(-c3cncc(N)c3)cc2)c1. The smallest absolute Gasteiger partial charge is 0.0506 e. The van der Waals surface area contributed by atoms with E-state index in [4.69, 9.17) is 11.5 Å². The standard InChI is InChI=1S/C16H14N4/c17-15-5-13(7-19-9-15)11-1-2-12(4-3-11)14-6-16(18)10-20-8-14/h1-10H,17-18H2. The van der Waals surface area contributed by atoms with E-state index in [0.717, 1.165) is 22.3 Å². The van der Waals surface area contributed by atoms with Gasteiger partial charge in [0.1, 0.15) is 0 Å². The molecule has 3 rings (SSSR count). The summed E-state index contributed by atoms with van der Waals surface area (Å²) >= 11 is 0. The summed E-state index contributed by atoms with van der Waals surface area (Å²) in [5, 5.41) is 0. The Balaban J connectivity index is 1.96. The normalized spacial score (nSPS) is 10.4. The summed E-state index contributed by atoms with van der Waals surface area (Å²) < 4.78 is 0. The molecular weight excluding hydrogens is 248 g/mol. The van der Waals surface area contributed by atoms with E-state index in [0.29, 0.717) is 11.4 Å². The molecule has 0 saturated heterocycles. The molecule has 2 heterocycles. The molecule has 3 aromatic rings. The third kappa shape index (κ3) is 2.44. The van der Waals surface area contributed by atoms with Crippen LogP contribution in [0.5, 0.6) is 0 Å². The molecule has 4 nitrogen and oxygen atoms in total. The number of nitrogen functional groups attached to an aromatic ring is 2. The fourth-order valence-corrected chi connectivity index (χ4v) is 2.09. The maximum absolute atomic E-state index is 5.75. The van der Waals surface area contributed by atoms with Gasteiger partial charge in [-0.05, 0) is 23.3 Å². The van der Waals surface area contributed by atoms with Crippen LogP contribution in [0.2, 0.25) is 0 Å². The van der Waals surface area contributed by atoms with Crippen LogP contribution in [-0.4, -0.2) is 9.97 Å². The number of aromatic nitrogens is 2. The Hall–Kier alpha value is -2.88. The molecule has 0 saturated carbocycles. The minimum absolute atomic E-state index is 0.659. The first-order chi connectivity index (χ1) is 9.72. The van der Waals surface area contributed by atoms with Gasteiger partial charge in [0.05, 0.1) is 11.4 Å². The quantitative estimate of drug-likeness (QED) is 0.744. The van der Waals surface area contributed by atoms with Crippen molar-refractivity contribution in [2.45, 2.75) is 0 Å². The molecule has 20 heavy (non-hydrogen) atoms. The van der Waals surface area contributed by atoms with Crippen LogP contribution in [0.3, 0.4) is 0 Å². The number of anilines is 2. The molecule has 4 heteroatoms. The molecule has 0 aliphatic heterocycles. The number of hydrogen-bond donors (Lipinski definition) is 2. The molecule has 0 fully saturated rings. The van der Waals surface area contributed by atoms with E-state index >= 15 is 0 Å². The monoisotopic (exact) mass is 262 g/mol. The van der Waals surface area contributed by atoms with Gasteiger partial charge in [0.2, 0.25) is 0 Å². The highest BCUT2D eigenvalue weighted by molar-refractivity contribution is 5.72. The van der Waals surface area contributed by atoms with Crippen LogP contribution in [0, 0.1) is 0 Å². The van der Waals surface area contributed by atoms with Gasteiger partial charge in [0.15, 0.2) is 0 Å². The molecular formula is C16H14N4. The minimum atomic E-state index is 0.659. The van der Waals surface area contributed by atoms with E-state index < -0.39 is 0 Å². The zero-order valence-electron chi connectivity index (χ0n) is 10.8. The lowest BCUT2D eigenvalue weighted by Crippen LogP contribution is -1.89. The Bertz CT molecular complexity index is 671. The predicted molar refractivity (Wildman–Crippen MR) is 81.7 cm³/mol. The average molecular weight is 262 g/mol. The lowest BCUT2D eigenvalue weighted by molar-refractivity contribution is 1.33. The van der Waals surface area contributed by atoms with Crippen molar-refractivity contribution in [1.29, 1.82) is 0 Å². The zero-order chi connectivity index (χ0) is 13.9. The van der Waals surface area contributed by atoms with Crippen molar-refractivity contribution < 1.29 is 0 Å².